The van der Waals surface area contributed by atoms with E-state index in [1.54, 1.807) is 19.0 Å². The highest BCUT2D eigenvalue weighted by atomic mass is 127. The van der Waals surface area contributed by atoms with Crippen LogP contribution in [-0.4, -0.2) is 75.9 Å². The Labute approximate surface area is 187 Å². The second-order valence-electron chi connectivity index (χ2n) is 7.73. The summed E-state index contributed by atoms with van der Waals surface area (Å²) in [6.45, 7) is 3.03. The first kappa shape index (κ1) is 25.4. The second kappa shape index (κ2) is 15.3. The van der Waals surface area contributed by atoms with Gasteiger partial charge in [-0.05, 0) is 32.1 Å². The third-order valence-corrected chi connectivity index (χ3v) is 5.19. The fraction of sp³-hybridized carbons (Fsp3) is 0.900. The number of aliphatic imine (C=N–C) groups is 1. The summed E-state index contributed by atoms with van der Waals surface area (Å²) < 4.78 is 11.8. The number of hydrogen-bond donors (Lipinski definition) is 2. The minimum Gasteiger partial charge on any atom is -0.376 e. The molecule has 1 saturated carbocycles. The van der Waals surface area contributed by atoms with Crippen LogP contribution < -0.4 is 10.6 Å². The molecule has 2 rings (SSSR count). The van der Waals surface area contributed by atoms with Gasteiger partial charge in [-0.25, -0.2) is 4.99 Å². The number of carbonyl (C=O) groups is 1. The predicted molar refractivity (Wildman–Crippen MR) is 123 cm³/mol. The number of carbonyl (C=O) groups excluding carboxylic acids is 1. The zero-order valence-corrected chi connectivity index (χ0v) is 19.9. The lowest BCUT2D eigenvalue weighted by atomic mass is 10.1. The molecule has 164 valence electrons. The molecule has 7 nitrogen and oxygen atoms in total. The van der Waals surface area contributed by atoms with Crippen LogP contribution in [0.1, 0.15) is 57.8 Å². The van der Waals surface area contributed by atoms with Gasteiger partial charge in [-0.3, -0.25) is 4.79 Å². The number of amides is 1. The van der Waals surface area contributed by atoms with E-state index in [1.807, 2.05) is 0 Å². The summed E-state index contributed by atoms with van der Waals surface area (Å²) in [5.41, 5.74) is 0. The normalized spacial score (nSPS) is 21.4. The summed E-state index contributed by atoms with van der Waals surface area (Å²) in [4.78, 5) is 17.8. The quantitative estimate of drug-likeness (QED) is 0.173. The average Bonchev–Trinajstić information content (AvgIpc) is 2.96. The molecule has 8 heteroatoms. The lowest BCUT2D eigenvalue weighted by Gasteiger charge is -2.24. The fourth-order valence-corrected chi connectivity index (χ4v) is 3.44. The van der Waals surface area contributed by atoms with Gasteiger partial charge in [-0.15, -0.1) is 24.0 Å². The Balaban J connectivity index is 0.00000392. The summed E-state index contributed by atoms with van der Waals surface area (Å²) in [6.07, 6.45) is 11.6. The van der Waals surface area contributed by atoms with Gasteiger partial charge in [0, 0.05) is 33.8 Å². The molecule has 1 heterocycles. The van der Waals surface area contributed by atoms with Crippen LogP contribution in [0.4, 0.5) is 0 Å². The van der Waals surface area contributed by atoms with Crippen molar-refractivity contribution in [2.24, 2.45) is 4.99 Å². The molecule has 0 aromatic carbocycles. The maximum Gasteiger partial charge on any atom is 0.243 e. The SMILES string of the molecule is CN(C)C(=O)CN=C(NCCOC1CCCCCC1)NCC1CCCCO1.I. The van der Waals surface area contributed by atoms with E-state index in [2.05, 4.69) is 15.6 Å². The lowest BCUT2D eigenvalue weighted by Crippen LogP contribution is -2.44. The van der Waals surface area contributed by atoms with Gasteiger partial charge in [0.15, 0.2) is 5.96 Å². The summed E-state index contributed by atoms with van der Waals surface area (Å²) in [6, 6.07) is 0. The smallest absolute Gasteiger partial charge is 0.243 e. The Bertz CT molecular complexity index is 449. The molecule has 2 aliphatic rings. The highest BCUT2D eigenvalue weighted by Crippen LogP contribution is 2.19. The van der Waals surface area contributed by atoms with Crippen LogP contribution in [0.2, 0.25) is 0 Å². The van der Waals surface area contributed by atoms with Crippen LogP contribution in [0, 0.1) is 0 Å². The van der Waals surface area contributed by atoms with E-state index in [9.17, 15) is 4.79 Å². The molecule has 28 heavy (non-hydrogen) atoms. The Morgan fingerprint density at radius 2 is 1.79 bits per heavy atom. The Kier molecular flexibility index (Phi) is 13.9. The zero-order valence-electron chi connectivity index (χ0n) is 17.6. The molecule has 1 saturated heterocycles. The summed E-state index contributed by atoms with van der Waals surface area (Å²) in [5.74, 6) is 0.642. The standard InChI is InChI=1S/C20H38N4O3.HI/c1-24(2)19(25)16-23-20(22-15-18-11-7-8-13-26-18)21-12-14-27-17-9-5-3-4-6-10-17;/h17-18H,3-16H2,1-2H3,(H2,21,22,23);1H. The van der Waals surface area contributed by atoms with Gasteiger partial charge in [0.1, 0.15) is 6.54 Å². The van der Waals surface area contributed by atoms with Crippen molar-refractivity contribution in [1.29, 1.82) is 0 Å². The van der Waals surface area contributed by atoms with Crippen LogP contribution in [0.25, 0.3) is 0 Å². The van der Waals surface area contributed by atoms with Crippen LogP contribution in [0.3, 0.4) is 0 Å². The van der Waals surface area contributed by atoms with Gasteiger partial charge in [-0.1, -0.05) is 25.7 Å². The van der Waals surface area contributed by atoms with Crippen molar-refractivity contribution in [3.63, 3.8) is 0 Å². The molecule has 1 atom stereocenters. The first-order chi connectivity index (χ1) is 13.1. The van der Waals surface area contributed by atoms with Crippen LogP contribution in [0.5, 0.6) is 0 Å². The Morgan fingerprint density at radius 3 is 2.43 bits per heavy atom. The minimum atomic E-state index is -0.0141. The van der Waals surface area contributed by atoms with Gasteiger partial charge in [0.25, 0.3) is 0 Å². The maximum atomic E-state index is 11.8. The average molecular weight is 510 g/mol. The van der Waals surface area contributed by atoms with E-state index in [1.165, 1.54) is 44.9 Å². The minimum absolute atomic E-state index is 0. The van der Waals surface area contributed by atoms with Gasteiger partial charge < -0.3 is 25.0 Å². The van der Waals surface area contributed by atoms with Crippen molar-refractivity contribution in [2.45, 2.75) is 70.0 Å². The lowest BCUT2D eigenvalue weighted by molar-refractivity contribution is -0.127. The predicted octanol–water partition coefficient (Wildman–Crippen LogP) is 2.54. The first-order valence-electron chi connectivity index (χ1n) is 10.6. The van der Waals surface area contributed by atoms with Crippen molar-refractivity contribution in [2.75, 3.05) is 46.9 Å². The molecule has 0 spiro atoms. The van der Waals surface area contributed by atoms with Crippen molar-refractivity contribution in [1.82, 2.24) is 15.5 Å². The first-order valence-corrected chi connectivity index (χ1v) is 10.6. The Morgan fingerprint density at radius 1 is 1.07 bits per heavy atom. The topological polar surface area (TPSA) is 75.2 Å². The number of guanidine groups is 1. The van der Waals surface area contributed by atoms with Crippen molar-refractivity contribution in [3.05, 3.63) is 0 Å². The number of likely N-dealkylation sites (N-methyl/N-ethyl adjacent to an activating group) is 1. The van der Waals surface area contributed by atoms with Crippen molar-refractivity contribution < 1.29 is 14.3 Å². The molecule has 1 unspecified atom stereocenters. The molecule has 1 aliphatic heterocycles. The molecule has 0 aromatic rings. The van der Waals surface area contributed by atoms with Crippen LogP contribution >= 0.6 is 24.0 Å². The van der Waals surface area contributed by atoms with Crippen LogP contribution in [0.15, 0.2) is 4.99 Å². The van der Waals surface area contributed by atoms with E-state index in [4.69, 9.17) is 9.47 Å². The molecular weight excluding hydrogens is 471 g/mol. The third kappa shape index (κ3) is 10.8. The zero-order chi connectivity index (χ0) is 19.3. The van der Waals surface area contributed by atoms with Gasteiger partial charge in [-0.2, -0.15) is 0 Å². The highest BCUT2D eigenvalue weighted by molar-refractivity contribution is 14.0. The van der Waals surface area contributed by atoms with E-state index in [-0.39, 0.29) is 42.5 Å². The number of ether oxygens (including phenoxy) is 2. The summed E-state index contributed by atoms with van der Waals surface area (Å²) in [5, 5.41) is 6.62. The highest BCUT2D eigenvalue weighted by Gasteiger charge is 2.15. The number of halogens is 1. The molecule has 2 fully saturated rings. The third-order valence-electron chi connectivity index (χ3n) is 5.19. The van der Waals surface area contributed by atoms with Gasteiger partial charge >= 0.3 is 0 Å². The molecule has 1 amide bonds. The molecule has 0 radical (unpaired) electrons. The molecular formula is C20H39IN4O3. The largest absolute Gasteiger partial charge is 0.376 e. The van der Waals surface area contributed by atoms with E-state index >= 15 is 0 Å². The molecule has 1 aliphatic carbocycles. The van der Waals surface area contributed by atoms with Crippen molar-refractivity contribution in [3.8, 4) is 0 Å². The van der Waals surface area contributed by atoms with Gasteiger partial charge in [0.2, 0.25) is 5.91 Å². The maximum absolute atomic E-state index is 11.8. The Hall–Kier alpha value is -0.610. The van der Waals surface area contributed by atoms with E-state index in [0.29, 0.717) is 31.8 Å². The number of hydrogen-bond acceptors (Lipinski definition) is 4. The number of nitrogens with one attached hydrogen (secondary N) is 2. The fourth-order valence-electron chi connectivity index (χ4n) is 3.44. The second-order valence-corrected chi connectivity index (χ2v) is 7.73. The number of rotatable bonds is 8. The summed E-state index contributed by atoms with van der Waals surface area (Å²) in [7, 11) is 3.49. The molecule has 0 aromatic heterocycles. The molecule has 0 bridgehead atoms. The van der Waals surface area contributed by atoms with Crippen LogP contribution in [-0.2, 0) is 14.3 Å². The van der Waals surface area contributed by atoms with E-state index < -0.39 is 0 Å². The van der Waals surface area contributed by atoms with E-state index in [0.717, 1.165) is 19.4 Å². The molecule has 2 N–H and O–H groups in total. The summed E-state index contributed by atoms with van der Waals surface area (Å²) >= 11 is 0. The van der Waals surface area contributed by atoms with Crippen molar-refractivity contribution >= 4 is 35.8 Å². The monoisotopic (exact) mass is 510 g/mol. The van der Waals surface area contributed by atoms with Gasteiger partial charge in [0.05, 0.1) is 18.8 Å². The number of nitrogens with zero attached hydrogens (tertiary/aromatic N) is 2.